The van der Waals surface area contributed by atoms with E-state index >= 15 is 0 Å². The fourth-order valence-electron chi connectivity index (χ4n) is 2.49. The number of nitrogens with one attached hydrogen (secondary N) is 2. The maximum Gasteiger partial charge on any atom is 0.331 e. The maximum atomic E-state index is 12.4. The predicted molar refractivity (Wildman–Crippen MR) is 90.5 cm³/mol. The van der Waals surface area contributed by atoms with Gasteiger partial charge in [-0.25, -0.2) is 4.79 Å². The van der Waals surface area contributed by atoms with E-state index in [1.54, 1.807) is 38.1 Å². The zero-order chi connectivity index (χ0) is 17.9. The molecule has 1 aliphatic rings. The predicted octanol–water partition coefficient (Wildman–Crippen LogP) is 2.35. The van der Waals surface area contributed by atoms with Crippen molar-refractivity contribution in [1.29, 1.82) is 0 Å². The number of esters is 1. The molecule has 2 rings (SSSR count). The third-order valence-corrected chi connectivity index (χ3v) is 4.57. The molecule has 3 atom stereocenters. The van der Waals surface area contributed by atoms with Crippen LogP contribution in [0.2, 0.25) is 0 Å². The van der Waals surface area contributed by atoms with Crippen LogP contribution in [0.15, 0.2) is 24.3 Å². The Morgan fingerprint density at radius 1 is 1.33 bits per heavy atom. The summed E-state index contributed by atoms with van der Waals surface area (Å²) in [6.45, 7) is 5.45. The average molecular weight is 332 g/mol. The van der Waals surface area contributed by atoms with Crippen molar-refractivity contribution >= 4 is 23.5 Å². The van der Waals surface area contributed by atoms with Crippen molar-refractivity contribution in [2.75, 3.05) is 12.4 Å². The topological polar surface area (TPSA) is 84.5 Å². The summed E-state index contributed by atoms with van der Waals surface area (Å²) in [7, 11) is 1.29. The monoisotopic (exact) mass is 332 g/mol. The lowest BCUT2D eigenvalue weighted by Gasteiger charge is -2.26. The van der Waals surface area contributed by atoms with Crippen molar-refractivity contribution in [3.8, 4) is 0 Å². The summed E-state index contributed by atoms with van der Waals surface area (Å²) in [4.78, 5) is 36.3. The van der Waals surface area contributed by atoms with Gasteiger partial charge in [-0.05, 0) is 43.9 Å². The molecule has 1 aliphatic carbocycles. The van der Waals surface area contributed by atoms with Gasteiger partial charge in [0, 0.05) is 17.2 Å². The Bertz CT molecular complexity index is 658. The number of amides is 2. The zero-order valence-corrected chi connectivity index (χ0v) is 14.5. The van der Waals surface area contributed by atoms with Gasteiger partial charge in [-0.1, -0.05) is 19.9 Å². The quantitative estimate of drug-likeness (QED) is 0.783. The fourth-order valence-corrected chi connectivity index (χ4v) is 2.49. The smallest absolute Gasteiger partial charge is 0.331 e. The van der Waals surface area contributed by atoms with Gasteiger partial charge >= 0.3 is 5.97 Å². The second kappa shape index (κ2) is 7.03. The minimum Gasteiger partial charge on any atom is -0.467 e. The van der Waals surface area contributed by atoms with Crippen LogP contribution in [-0.4, -0.2) is 30.4 Å². The van der Waals surface area contributed by atoms with Gasteiger partial charge in [0.25, 0.3) is 5.91 Å². The summed E-state index contributed by atoms with van der Waals surface area (Å²) >= 11 is 0. The third kappa shape index (κ3) is 3.93. The Kier molecular flexibility index (Phi) is 5.26. The van der Waals surface area contributed by atoms with Gasteiger partial charge in [0.2, 0.25) is 5.91 Å². The Morgan fingerprint density at radius 2 is 2.00 bits per heavy atom. The molecule has 0 radical (unpaired) electrons. The van der Waals surface area contributed by atoms with E-state index in [0.717, 1.165) is 6.42 Å². The van der Waals surface area contributed by atoms with Gasteiger partial charge in [0.15, 0.2) is 0 Å². The highest BCUT2D eigenvalue weighted by Gasteiger charge is 2.39. The molecule has 1 aromatic carbocycles. The van der Waals surface area contributed by atoms with Crippen LogP contribution in [0.5, 0.6) is 0 Å². The molecule has 2 N–H and O–H groups in total. The lowest BCUT2D eigenvalue weighted by Crippen LogP contribution is -2.52. The van der Waals surface area contributed by atoms with E-state index in [9.17, 15) is 14.4 Å². The first-order chi connectivity index (χ1) is 11.3. The van der Waals surface area contributed by atoms with E-state index < -0.39 is 11.5 Å². The number of anilines is 1. The highest BCUT2D eigenvalue weighted by Crippen LogP contribution is 2.38. The molecule has 0 bridgehead atoms. The molecule has 130 valence electrons. The lowest BCUT2D eigenvalue weighted by molar-refractivity contribution is -0.147. The largest absolute Gasteiger partial charge is 0.467 e. The number of carbonyl (C=O) groups excluding carboxylic acids is 3. The maximum absolute atomic E-state index is 12.4. The third-order valence-electron chi connectivity index (χ3n) is 4.57. The van der Waals surface area contributed by atoms with E-state index in [-0.39, 0.29) is 17.7 Å². The molecule has 0 aromatic heterocycles. The average Bonchev–Trinajstić information content (AvgIpc) is 3.31. The van der Waals surface area contributed by atoms with Gasteiger partial charge in [-0.3, -0.25) is 9.59 Å². The van der Waals surface area contributed by atoms with Crippen molar-refractivity contribution in [2.45, 2.75) is 39.2 Å². The van der Waals surface area contributed by atoms with Crippen LogP contribution >= 0.6 is 0 Å². The summed E-state index contributed by atoms with van der Waals surface area (Å²) in [5, 5.41) is 5.54. The molecule has 6 heteroatoms. The number of hydrogen-bond acceptors (Lipinski definition) is 4. The first-order valence-corrected chi connectivity index (χ1v) is 8.12. The SMILES string of the molecule is CC[C@](C)(NC(=O)c1cccc(NC(=O)[C@@H]2C[C@@H]2C)c1)C(=O)OC. The van der Waals surface area contributed by atoms with Gasteiger partial charge < -0.3 is 15.4 Å². The van der Waals surface area contributed by atoms with Gasteiger partial charge in [0.05, 0.1) is 7.11 Å². The number of methoxy groups -OCH3 is 1. The Labute approximate surface area is 142 Å². The molecule has 1 fully saturated rings. The van der Waals surface area contributed by atoms with Crippen LogP contribution in [0, 0.1) is 11.8 Å². The minimum atomic E-state index is -1.09. The first kappa shape index (κ1) is 18.0. The first-order valence-electron chi connectivity index (χ1n) is 8.12. The molecule has 6 nitrogen and oxygen atoms in total. The molecular formula is C18H24N2O4. The molecular weight excluding hydrogens is 308 g/mol. The number of hydrogen-bond donors (Lipinski definition) is 2. The summed E-state index contributed by atoms with van der Waals surface area (Å²) in [6, 6.07) is 6.68. The molecule has 0 saturated heterocycles. The normalized spacial score (nSPS) is 21.3. The highest BCUT2D eigenvalue weighted by molar-refractivity contribution is 6.00. The van der Waals surface area contributed by atoms with Crippen molar-refractivity contribution in [3.05, 3.63) is 29.8 Å². The second-order valence-electron chi connectivity index (χ2n) is 6.52. The van der Waals surface area contributed by atoms with Crippen molar-refractivity contribution in [1.82, 2.24) is 5.32 Å². The molecule has 0 heterocycles. The molecule has 2 amide bonds. The number of carbonyl (C=O) groups is 3. The van der Waals surface area contributed by atoms with E-state index in [0.29, 0.717) is 23.6 Å². The van der Waals surface area contributed by atoms with Crippen molar-refractivity contribution in [3.63, 3.8) is 0 Å². The molecule has 0 spiro atoms. The van der Waals surface area contributed by atoms with Gasteiger partial charge in [0.1, 0.15) is 5.54 Å². The van der Waals surface area contributed by atoms with Crippen LogP contribution < -0.4 is 10.6 Å². The molecule has 1 saturated carbocycles. The number of benzene rings is 1. The van der Waals surface area contributed by atoms with Crippen molar-refractivity contribution in [2.24, 2.45) is 11.8 Å². The summed E-state index contributed by atoms with van der Waals surface area (Å²) in [6.07, 6.45) is 1.31. The van der Waals surface area contributed by atoms with Gasteiger partial charge in [-0.15, -0.1) is 0 Å². The molecule has 24 heavy (non-hydrogen) atoms. The van der Waals surface area contributed by atoms with Crippen LogP contribution in [0.3, 0.4) is 0 Å². The van der Waals surface area contributed by atoms with E-state index in [2.05, 4.69) is 10.6 Å². The van der Waals surface area contributed by atoms with Gasteiger partial charge in [-0.2, -0.15) is 0 Å². The summed E-state index contributed by atoms with van der Waals surface area (Å²) in [5.74, 6) is -0.425. The standard InChI is InChI=1S/C18H24N2O4/c1-5-18(3,17(23)24-4)20-15(21)12-7-6-8-13(10-12)19-16(22)14-9-11(14)2/h6-8,10-11,14H,5,9H2,1-4H3,(H,19,22)(H,20,21)/t11-,14+,18-/m0/s1. The fraction of sp³-hybridized carbons (Fsp3) is 0.500. The van der Waals surface area contributed by atoms with Crippen LogP contribution in [0.4, 0.5) is 5.69 Å². The Hall–Kier alpha value is -2.37. The van der Waals surface area contributed by atoms with E-state index in [4.69, 9.17) is 4.74 Å². The van der Waals surface area contributed by atoms with Crippen molar-refractivity contribution < 1.29 is 19.1 Å². The number of ether oxygens (including phenoxy) is 1. The molecule has 0 unspecified atom stereocenters. The minimum absolute atomic E-state index is 0.0204. The Balaban J connectivity index is 2.08. The Morgan fingerprint density at radius 3 is 2.54 bits per heavy atom. The molecule has 0 aliphatic heterocycles. The van der Waals surface area contributed by atoms with Crippen LogP contribution in [0.1, 0.15) is 44.0 Å². The van der Waals surface area contributed by atoms with Crippen LogP contribution in [-0.2, 0) is 14.3 Å². The van der Waals surface area contributed by atoms with Crippen LogP contribution in [0.25, 0.3) is 0 Å². The van der Waals surface area contributed by atoms with E-state index in [1.807, 2.05) is 6.92 Å². The second-order valence-corrected chi connectivity index (χ2v) is 6.52. The summed E-state index contributed by atoms with van der Waals surface area (Å²) < 4.78 is 4.75. The summed E-state index contributed by atoms with van der Waals surface area (Å²) in [5.41, 5.74) is -0.141. The highest BCUT2D eigenvalue weighted by atomic mass is 16.5. The zero-order valence-electron chi connectivity index (χ0n) is 14.5. The lowest BCUT2D eigenvalue weighted by atomic mass is 9.98. The molecule has 1 aromatic rings. The van der Waals surface area contributed by atoms with E-state index in [1.165, 1.54) is 7.11 Å². The number of rotatable bonds is 6.